The zero-order chi connectivity index (χ0) is 19.5. The van der Waals surface area contributed by atoms with Gasteiger partial charge in [-0.3, -0.25) is 9.44 Å². The Kier molecular flexibility index (Phi) is 6.02. The van der Waals surface area contributed by atoms with Crippen molar-refractivity contribution in [1.29, 1.82) is 0 Å². The summed E-state index contributed by atoms with van der Waals surface area (Å²) >= 11 is 6.08. The third-order valence-electron chi connectivity index (χ3n) is 3.31. The topological polar surface area (TPSA) is 105 Å². The summed E-state index contributed by atoms with van der Waals surface area (Å²) in [6, 6.07) is 9.93. The SMILES string of the molecule is COc1ccc(S(=O)(=O)Nc2ccc(NS(=O)(=O)N(C)C)cc2Cl)cc1. The van der Waals surface area contributed by atoms with Gasteiger partial charge in [0.05, 0.1) is 28.4 Å². The minimum Gasteiger partial charge on any atom is -0.497 e. The van der Waals surface area contributed by atoms with E-state index < -0.39 is 20.2 Å². The van der Waals surface area contributed by atoms with Crippen LogP contribution in [0.1, 0.15) is 0 Å². The highest BCUT2D eigenvalue weighted by Gasteiger charge is 2.17. The van der Waals surface area contributed by atoms with Crippen molar-refractivity contribution in [3.05, 3.63) is 47.5 Å². The van der Waals surface area contributed by atoms with Crippen molar-refractivity contribution in [3.63, 3.8) is 0 Å². The van der Waals surface area contributed by atoms with E-state index in [2.05, 4.69) is 9.44 Å². The molecule has 0 saturated heterocycles. The Morgan fingerprint density at radius 3 is 2.08 bits per heavy atom. The molecule has 2 rings (SSSR count). The fraction of sp³-hybridized carbons (Fsp3) is 0.200. The zero-order valence-electron chi connectivity index (χ0n) is 14.2. The molecule has 0 fully saturated rings. The van der Waals surface area contributed by atoms with E-state index in [-0.39, 0.29) is 21.3 Å². The molecule has 0 aromatic heterocycles. The first-order chi connectivity index (χ1) is 12.0. The lowest BCUT2D eigenvalue weighted by molar-refractivity contribution is 0.414. The molecule has 11 heteroatoms. The summed E-state index contributed by atoms with van der Waals surface area (Å²) < 4.78 is 59.2. The van der Waals surface area contributed by atoms with Crippen LogP contribution in [-0.2, 0) is 20.2 Å². The standard InChI is InChI=1S/C15H18ClN3O5S2/c1-19(2)26(22,23)17-11-4-9-15(14(16)10-11)18-25(20,21)13-7-5-12(24-3)6-8-13/h4-10,17-18H,1-3H3. The first kappa shape index (κ1) is 20.3. The first-order valence-corrected chi connectivity index (χ1v) is 10.5. The molecule has 2 aromatic rings. The lowest BCUT2D eigenvalue weighted by Gasteiger charge is -2.15. The maximum absolute atomic E-state index is 12.4. The fourth-order valence-corrected chi connectivity index (χ4v) is 3.83. The maximum Gasteiger partial charge on any atom is 0.301 e. The summed E-state index contributed by atoms with van der Waals surface area (Å²) in [6.07, 6.45) is 0. The summed E-state index contributed by atoms with van der Waals surface area (Å²) in [5.74, 6) is 0.527. The number of ether oxygens (including phenoxy) is 1. The van der Waals surface area contributed by atoms with Gasteiger partial charge >= 0.3 is 10.2 Å². The highest BCUT2D eigenvalue weighted by molar-refractivity contribution is 7.92. The molecular formula is C15H18ClN3O5S2. The lowest BCUT2D eigenvalue weighted by Crippen LogP contribution is -2.28. The number of hydrogen-bond acceptors (Lipinski definition) is 5. The Hall–Kier alpha value is -2.01. The van der Waals surface area contributed by atoms with Gasteiger partial charge in [-0.1, -0.05) is 11.6 Å². The molecule has 0 unspecified atom stereocenters. The minimum atomic E-state index is -3.86. The molecule has 2 N–H and O–H groups in total. The van der Waals surface area contributed by atoms with Crippen LogP contribution in [0.15, 0.2) is 47.4 Å². The van der Waals surface area contributed by atoms with Crippen LogP contribution in [0.5, 0.6) is 5.75 Å². The molecule has 8 nitrogen and oxygen atoms in total. The second-order valence-electron chi connectivity index (χ2n) is 5.37. The van der Waals surface area contributed by atoms with E-state index in [0.717, 1.165) is 4.31 Å². The van der Waals surface area contributed by atoms with Gasteiger partial charge in [0.1, 0.15) is 5.75 Å². The average Bonchev–Trinajstić information content (AvgIpc) is 2.57. The number of rotatable bonds is 7. The number of anilines is 2. The molecule has 0 spiro atoms. The normalized spacial score (nSPS) is 12.0. The van der Waals surface area contributed by atoms with Gasteiger partial charge in [0.15, 0.2) is 0 Å². The Balaban J connectivity index is 2.24. The van der Waals surface area contributed by atoms with E-state index in [1.165, 1.54) is 63.7 Å². The molecule has 0 radical (unpaired) electrons. The molecule has 2 aromatic carbocycles. The molecule has 0 bridgehead atoms. The Bertz CT molecular complexity index is 990. The highest BCUT2D eigenvalue weighted by Crippen LogP contribution is 2.28. The predicted octanol–water partition coefficient (Wildman–Crippen LogP) is 2.37. The van der Waals surface area contributed by atoms with Crippen LogP contribution in [0.2, 0.25) is 5.02 Å². The molecule has 0 aliphatic carbocycles. The number of sulfonamides is 1. The Morgan fingerprint density at radius 1 is 0.962 bits per heavy atom. The molecule has 0 aliphatic heterocycles. The molecule has 0 amide bonds. The van der Waals surface area contributed by atoms with Gasteiger partial charge in [-0.2, -0.15) is 12.7 Å². The Morgan fingerprint density at radius 2 is 1.58 bits per heavy atom. The maximum atomic E-state index is 12.4. The molecular weight excluding hydrogens is 402 g/mol. The number of benzene rings is 2. The van der Waals surface area contributed by atoms with Crippen molar-refractivity contribution < 1.29 is 21.6 Å². The molecule has 0 aliphatic rings. The predicted molar refractivity (Wildman–Crippen MR) is 101 cm³/mol. The van der Waals surface area contributed by atoms with Gasteiger partial charge < -0.3 is 4.74 Å². The van der Waals surface area contributed by atoms with Gasteiger partial charge in [0.25, 0.3) is 10.0 Å². The van der Waals surface area contributed by atoms with E-state index in [4.69, 9.17) is 16.3 Å². The van der Waals surface area contributed by atoms with E-state index in [9.17, 15) is 16.8 Å². The summed E-state index contributed by atoms with van der Waals surface area (Å²) in [5.41, 5.74) is 0.325. The molecule has 26 heavy (non-hydrogen) atoms. The third-order valence-corrected chi connectivity index (χ3v) is 6.46. The molecule has 142 valence electrons. The minimum absolute atomic E-state index is 0.0340. The number of nitrogens with zero attached hydrogens (tertiary/aromatic N) is 1. The van der Waals surface area contributed by atoms with E-state index in [1.54, 1.807) is 0 Å². The van der Waals surface area contributed by atoms with Crippen LogP contribution in [0.3, 0.4) is 0 Å². The number of hydrogen-bond donors (Lipinski definition) is 2. The van der Waals surface area contributed by atoms with Gasteiger partial charge in [0.2, 0.25) is 0 Å². The Labute approximate surface area is 158 Å². The second-order valence-corrected chi connectivity index (χ2v) is 9.34. The highest BCUT2D eigenvalue weighted by atomic mass is 35.5. The van der Waals surface area contributed by atoms with Crippen LogP contribution >= 0.6 is 11.6 Å². The van der Waals surface area contributed by atoms with Crippen LogP contribution in [-0.4, -0.2) is 42.3 Å². The van der Waals surface area contributed by atoms with Crippen molar-refractivity contribution in [1.82, 2.24) is 4.31 Å². The summed E-state index contributed by atoms with van der Waals surface area (Å²) in [7, 11) is -3.32. The van der Waals surface area contributed by atoms with Gasteiger partial charge in [0, 0.05) is 14.1 Å². The van der Waals surface area contributed by atoms with Gasteiger partial charge in [-0.05, 0) is 42.5 Å². The monoisotopic (exact) mass is 419 g/mol. The van der Waals surface area contributed by atoms with Crippen molar-refractivity contribution in [3.8, 4) is 5.75 Å². The van der Waals surface area contributed by atoms with E-state index >= 15 is 0 Å². The number of halogens is 1. The van der Waals surface area contributed by atoms with E-state index in [0.29, 0.717) is 5.75 Å². The van der Waals surface area contributed by atoms with Crippen LogP contribution in [0.4, 0.5) is 11.4 Å². The van der Waals surface area contributed by atoms with Crippen LogP contribution in [0, 0.1) is 0 Å². The molecule has 0 heterocycles. The van der Waals surface area contributed by atoms with Crippen molar-refractivity contribution >= 4 is 43.2 Å². The fourth-order valence-electron chi connectivity index (χ4n) is 1.86. The van der Waals surface area contributed by atoms with Gasteiger partial charge in [-0.15, -0.1) is 0 Å². The second kappa shape index (κ2) is 7.70. The van der Waals surface area contributed by atoms with Crippen molar-refractivity contribution in [2.24, 2.45) is 0 Å². The van der Waals surface area contributed by atoms with Crippen molar-refractivity contribution in [2.75, 3.05) is 30.6 Å². The van der Waals surface area contributed by atoms with Crippen molar-refractivity contribution in [2.45, 2.75) is 4.90 Å². The number of methoxy groups -OCH3 is 1. The van der Waals surface area contributed by atoms with Crippen LogP contribution < -0.4 is 14.2 Å². The third kappa shape index (κ3) is 4.79. The summed E-state index contributed by atoms with van der Waals surface area (Å²) in [6.45, 7) is 0. The largest absolute Gasteiger partial charge is 0.497 e. The van der Waals surface area contributed by atoms with E-state index in [1.807, 2.05) is 0 Å². The van der Waals surface area contributed by atoms with Gasteiger partial charge in [-0.25, -0.2) is 8.42 Å². The first-order valence-electron chi connectivity index (χ1n) is 7.22. The van der Waals surface area contributed by atoms with Crippen LogP contribution in [0.25, 0.3) is 0 Å². The average molecular weight is 420 g/mol. The lowest BCUT2D eigenvalue weighted by atomic mass is 10.3. The zero-order valence-corrected chi connectivity index (χ0v) is 16.6. The number of nitrogens with one attached hydrogen (secondary N) is 2. The quantitative estimate of drug-likeness (QED) is 0.716. The summed E-state index contributed by atoms with van der Waals surface area (Å²) in [5, 5.41) is 0.0426. The smallest absolute Gasteiger partial charge is 0.301 e. The summed E-state index contributed by atoms with van der Waals surface area (Å²) in [4.78, 5) is 0.0340. The molecule has 0 atom stereocenters. The molecule has 0 saturated carbocycles.